The summed E-state index contributed by atoms with van der Waals surface area (Å²) in [4.78, 5) is 0.131. The van der Waals surface area contributed by atoms with Gasteiger partial charge in [0.1, 0.15) is 17.3 Å². The van der Waals surface area contributed by atoms with Gasteiger partial charge in [0.05, 0.1) is 11.4 Å². The summed E-state index contributed by atoms with van der Waals surface area (Å²) in [7, 11) is -3.71. The number of nitrogens with one attached hydrogen (secondary N) is 2. The maximum atomic E-state index is 13.5. The molecule has 0 bridgehead atoms. The Morgan fingerprint density at radius 2 is 2.03 bits per heavy atom. The summed E-state index contributed by atoms with van der Waals surface area (Å²) in [6.45, 7) is 3.33. The van der Waals surface area contributed by atoms with Crippen molar-refractivity contribution in [2.45, 2.75) is 18.7 Å². The zero-order valence-electron chi connectivity index (χ0n) is 16.1. The van der Waals surface area contributed by atoms with Crippen molar-refractivity contribution in [3.05, 3.63) is 53.6 Å². The maximum Gasteiger partial charge on any atom is 0.244 e. The van der Waals surface area contributed by atoms with Gasteiger partial charge in [0.25, 0.3) is 0 Å². The summed E-state index contributed by atoms with van der Waals surface area (Å²) < 4.78 is 47.8. The Morgan fingerprint density at radius 1 is 1.20 bits per heavy atom. The number of fused-ring (bicyclic) bond motifs is 1. The summed E-state index contributed by atoms with van der Waals surface area (Å²) in [5.41, 5.74) is 1.84. The zero-order chi connectivity index (χ0) is 21.3. The first kappa shape index (κ1) is 19.9. The lowest BCUT2D eigenvalue weighted by Gasteiger charge is -2.08. The van der Waals surface area contributed by atoms with Gasteiger partial charge in [0.2, 0.25) is 15.9 Å². The molecule has 0 saturated heterocycles. The van der Waals surface area contributed by atoms with E-state index in [1.807, 2.05) is 0 Å². The Hall–Kier alpha value is -3.38. The van der Waals surface area contributed by atoms with Gasteiger partial charge in [-0.05, 0) is 32.0 Å². The van der Waals surface area contributed by atoms with Crippen LogP contribution < -0.4 is 9.46 Å². The Kier molecular flexibility index (Phi) is 5.18. The fraction of sp³-hybridized carbons (Fsp3) is 0.222. The topological polar surface area (TPSA) is 127 Å². The van der Waals surface area contributed by atoms with E-state index >= 15 is 0 Å². The number of aromatic nitrogens is 6. The van der Waals surface area contributed by atoms with Crippen LogP contribution in [0.3, 0.4) is 0 Å². The molecule has 12 heteroatoms. The molecule has 0 aliphatic carbocycles. The molecule has 156 valence electrons. The van der Waals surface area contributed by atoms with Gasteiger partial charge < -0.3 is 4.74 Å². The number of H-pyrrole nitrogens is 1. The zero-order valence-corrected chi connectivity index (χ0v) is 16.9. The number of halogens is 1. The van der Waals surface area contributed by atoms with Crippen LogP contribution in [0.15, 0.2) is 41.3 Å². The highest BCUT2D eigenvalue weighted by atomic mass is 32.2. The van der Waals surface area contributed by atoms with Crippen molar-refractivity contribution >= 4 is 15.7 Å². The van der Waals surface area contributed by atoms with Gasteiger partial charge in [-0.15, -0.1) is 15.3 Å². The van der Waals surface area contributed by atoms with Crippen molar-refractivity contribution in [3.8, 4) is 17.3 Å². The molecule has 2 N–H and O–H groups in total. The van der Waals surface area contributed by atoms with Gasteiger partial charge in [-0.1, -0.05) is 12.1 Å². The predicted molar refractivity (Wildman–Crippen MR) is 105 cm³/mol. The molecule has 0 atom stereocenters. The van der Waals surface area contributed by atoms with Crippen LogP contribution in [0.2, 0.25) is 0 Å². The molecule has 4 rings (SSSR count). The molecule has 0 radical (unpaired) electrons. The monoisotopic (exact) mass is 431 g/mol. The second-order valence-electron chi connectivity index (χ2n) is 6.48. The fourth-order valence-electron chi connectivity index (χ4n) is 3.00. The molecule has 10 nitrogen and oxygen atoms in total. The van der Waals surface area contributed by atoms with Gasteiger partial charge in [-0.2, -0.15) is 9.61 Å². The van der Waals surface area contributed by atoms with Gasteiger partial charge in [0, 0.05) is 18.2 Å². The molecule has 0 aliphatic rings. The first-order chi connectivity index (χ1) is 14.3. The number of benzene rings is 1. The van der Waals surface area contributed by atoms with E-state index in [4.69, 9.17) is 4.74 Å². The molecule has 3 heterocycles. The molecule has 0 amide bonds. The highest BCUT2D eigenvalue weighted by Gasteiger charge is 2.21. The minimum absolute atomic E-state index is 0.0328. The molecule has 0 unspecified atom stereocenters. The van der Waals surface area contributed by atoms with E-state index in [0.717, 1.165) is 0 Å². The Morgan fingerprint density at radius 3 is 2.77 bits per heavy atom. The molecule has 0 saturated carbocycles. The molecule has 4 aromatic rings. The molecular formula is C18H18FN7O3S. The number of hydrogen-bond donors (Lipinski definition) is 2. The number of sulfonamides is 1. The van der Waals surface area contributed by atoms with Crippen LogP contribution in [0.5, 0.6) is 5.88 Å². The summed E-state index contributed by atoms with van der Waals surface area (Å²) in [6.07, 6.45) is 0. The van der Waals surface area contributed by atoms with Crippen LogP contribution in [0, 0.1) is 19.7 Å². The van der Waals surface area contributed by atoms with Crippen molar-refractivity contribution in [1.82, 2.24) is 34.7 Å². The van der Waals surface area contributed by atoms with Crippen LogP contribution in [0.1, 0.15) is 11.4 Å². The summed E-state index contributed by atoms with van der Waals surface area (Å²) in [5.74, 6) is 0.211. The van der Waals surface area contributed by atoms with E-state index in [1.54, 1.807) is 38.1 Å². The third-order valence-corrected chi connectivity index (χ3v) is 6.02. The summed E-state index contributed by atoms with van der Waals surface area (Å²) >= 11 is 0. The van der Waals surface area contributed by atoms with E-state index in [2.05, 4.69) is 30.2 Å². The molecule has 0 spiro atoms. The lowest BCUT2D eigenvalue weighted by Crippen LogP contribution is -2.29. The van der Waals surface area contributed by atoms with E-state index in [-0.39, 0.29) is 23.9 Å². The smallest absolute Gasteiger partial charge is 0.244 e. The maximum absolute atomic E-state index is 13.5. The van der Waals surface area contributed by atoms with Crippen molar-refractivity contribution in [2.24, 2.45) is 0 Å². The lowest BCUT2D eigenvalue weighted by molar-refractivity contribution is 0.306. The molecule has 30 heavy (non-hydrogen) atoms. The first-order valence-electron chi connectivity index (χ1n) is 8.97. The lowest BCUT2D eigenvalue weighted by atomic mass is 10.2. The third kappa shape index (κ3) is 3.86. The van der Waals surface area contributed by atoms with Crippen molar-refractivity contribution in [1.29, 1.82) is 0 Å². The number of nitrogens with zero attached hydrogens (tertiary/aromatic N) is 5. The SMILES string of the molecule is Cc1n[nH]c(C)c1S(=O)(=O)NCCOc1ccc2nnc(-c3cccc(F)c3)n2n1. The second-order valence-corrected chi connectivity index (χ2v) is 8.19. The second kappa shape index (κ2) is 7.80. The van der Waals surface area contributed by atoms with Gasteiger partial charge in [-0.25, -0.2) is 17.5 Å². The predicted octanol–water partition coefficient (Wildman–Crippen LogP) is 1.63. The van der Waals surface area contributed by atoms with Gasteiger partial charge >= 0.3 is 0 Å². The highest BCUT2D eigenvalue weighted by molar-refractivity contribution is 7.89. The van der Waals surface area contributed by atoms with Crippen LogP contribution in [-0.2, 0) is 10.0 Å². The fourth-order valence-corrected chi connectivity index (χ4v) is 4.38. The van der Waals surface area contributed by atoms with E-state index in [1.165, 1.54) is 16.6 Å². The number of aromatic amines is 1. The van der Waals surface area contributed by atoms with Crippen molar-refractivity contribution < 1.29 is 17.5 Å². The van der Waals surface area contributed by atoms with Crippen molar-refractivity contribution in [2.75, 3.05) is 13.2 Å². The Balaban J connectivity index is 1.45. The van der Waals surface area contributed by atoms with E-state index in [9.17, 15) is 12.8 Å². The highest BCUT2D eigenvalue weighted by Crippen LogP contribution is 2.20. The van der Waals surface area contributed by atoms with Gasteiger partial charge in [0.15, 0.2) is 11.5 Å². The number of rotatable bonds is 7. The largest absolute Gasteiger partial charge is 0.475 e. The van der Waals surface area contributed by atoms with Crippen molar-refractivity contribution in [3.63, 3.8) is 0 Å². The van der Waals surface area contributed by atoms with E-state index in [0.29, 0.717) is 28.4 Å². The standard InChI is InChI=1S/C18H18FN7O3S/c1-11-17(12(2)22-21-11)30(27,28)20-8-9-29-16-7-6-15-23-24-18(26(15)25-16)13-4-3-5-14(19)10-13/h3-7,10,20H,8-9H2,1-2H3,(H,21,22). The Bertz CT molecular complexity index is 1300. The Labute approximate surface area is 171 Å². The van der Waals surface area contributed by atoms with Gasteiger partial charge in [-0.3, -0.25) is 5.10 Å². The first-order valence-corrected chi connectivity index (χ1v) is 10.5. The molecule has 3 aromatic heterocycles. The van der Waals surface area contributed by atoms with Crippen LogP contribution in [0.4, 0.5) is 4.39 Å². The molecule has 0 aliphatic heterocycles. The quantitative estimate of drug-likeness (QED) is 0.426. The third-order valence-electron chi connectivity index (χ3n) is 4.29. The van der Waals surface area contributed by atoms with Crippen LogP contribution in [-0.4, -0.2) is 51.6 Å². The summed E-state index contributed by atoms with van der Waals surface area (Å²) in [6, 6.07) is 9.19. The minimum atomic E-state index is -3.71. The normalized spacial score (nSPS) is 11.8. The van der Waals surface area contributed by atoms with Crippen LogP contribution >= 0.6 is 0 Å². The number of aryl methyl sites for hydroxylation is 2. The minimum Gasteiger partial charge on any atom is -0.475 e. The van der Waals surface area contributed by atoms with Crippen LogP contribution in [0.25, 0.3) is 17.0 Å². The molecule has 0 fully saturated rings. The average molecular weight is 431 g/mol. The number of hydrogen-bond acceptors (Lipinski definition) is 7. The average Bonchev–Trinajstić information content (AvgIpc) is 3.28. The summed E-state index contributed by atoms with van der Waals surface area (Å²) in [5, 5.41) is 18.9. The molecular weight excluding hydrogens is 413 g/mol. The molecule has 1 aromatic carbocycles. The van der Waals surface area contributed by atoms with E-state index < -0.39 is 15.8 Å². The number of ether oxygens (including phenoxy) is 1.